The van der Waals surface area contributed by atoms with Crippen molar-refractivity contribution in [3.8, 4) is 11.3 Å². The summed E-state index contributed by atoms with van der Waals surface area (Å²) in [7, 11) is 0. The summed E-state index contributed by atoms with van der Waals surface area (Å²) in [5.74, 6) is 0.0657. The Morgan fingerprint density at radius 3 is 2.57 bits per heavy atom. The first kappa shape index (κ1) is 15.1. The largest absolute Gasteiger partial charge is 0.398 e. The number of hydrogen-bond acceptors (Lipinski definition) is 4. The van der Waals surface area contributed by atoms with Gasteiger partial charge in [0.1, 0.15) is 0 Å². The monoisotopic (exact) mass is 326 g/mol. The summed E-state index contributed by atoms with van der Waals surface area (Å²) in [6.45, 7) is 1.97. The Morgan fingerprint density at radius 2 is 1.87 bits per heavy atom. The van der Waals surface area contributed by atoms with Crippen LogP contribution in [0.1, 0.15) is 5.56 Å². The van der Waals surface area contributed by atoms with Gasteiger partial charge in [-0.1, -0.05) is 23.7 Å². The van der Waals surface area contributed by atoms with Gasteiger partial charge in [-0.25, -0.2) is 9.97 Å². The summed E-state index contributed by atoms with van der Waals surface area (Å²) in [4.78, 5) is 12.7. The first-order valence-electron chi connectivity index (χ1n) is 6.87. The van der Waals surface area contributed by atoms with E-state index >= 15 is 0 Å². The van der Waals surface area contributed by atoms with E-state index in [1.165, 1.54) is 0 Å². The van der Waals surface area contributed by atoms with Crippen LogP contribution >= 0.6 is 11.6 Å². The average molecular weight is 327 g/mol. The number of rotatable bonds is 2. The molecule has 0 aliphatic carbocycles. The van der Waals surface area contributed by atoms with Crippen molar-refractivity contribution in [3.05, 3.63) is 47.0 Å². The summed E-state index contributed by atoms with van der Waals surface area (Å²) < 4.78 is 0. The van der Waals surface area contributed by atoms with E-state index in [1.807, 2.05) is 25.1 Å². The molecule has 0 saturated heterocycles. The van der Waals surface area contributed by atoms with Gasteiger partial charge in [0, 0.05) is 21.7 Å². The van der Waals surface area contributed by atoms with Crippen molar-refractivity contribution in [1.82, 2.24) is 9.97 Å². The lowest BCUT2D eigenvalue weighted by Crippen LogP contribution is -2.22. The van der Waals surface area contributed by atoms with Gasteiger partial charge in [-0.15, -0.1) is 0 Å². The third-order valence-corrected chi connectivity index (χ3v) is 3.57. The number of aryl methyl sites for hydroxylation is 1. The standard InChI is InChI=1S/C16H15ClN6/c1-8-2-4-10(12(18)6-8)14-11-7-9(17)3-5-13(11)21-16(22-14)23-15(19)20/h2-7H,18H2,1H3,(H4,19,20,21,22,23). The highest BCUT2D eigenvalue weighted by atomic mass is 35.5. The first-order valence-corrected chi connectivity index (χ1v) is 7.25. The van der Waals surface area contributed by atoms with Crippen molar-refractivity contribution in [2.24, 2.45) is 16.5 Å². The summed E-state index contributed by atoms with van der Waals surface area (Å²) in [6, 6.07) is 11.1. The van der Waals surface area contributed by atoms with E-state index in [9.17, 15) is 0 Å². The second-order valence-corrected chi connectivity index (χ2v) is 5.60. The molecule has 0 fully saturated rings. The van der Waals surface area contributed by atoms with Crippen molar-refractivity contribution in [2.75, 3.05) is 5.73 Å². The highest BCUT2D eigenvalue weighted by Crippen LogP contribution is 2.33. The van der Waals surface area contributed by atoms with E-state index in [-0.39, 0.29) is 11.9 Å². The van der Waals surface area contributed by atoms with E-state index < -0.39 is 0 Å². The number of guanidine groups is 1. The summed E-state index contributed by atoms with van der Waals surface area (Å²) >= 11 is 6.11. The minimum atomic E-state index is -0.110. The number of halogens is 1. The Bertz CT molecular complexity index is 931. The van der Waals surface area contributed by atoms with Crippen molar-refractivity contribution in [1.29, 1.82) is 0 Å². The van der Waals surface area contributed by atoms with Crippen molar-refractivity contribution >= 4 is 40.1 Å². The molecule has 0 aliphatic heterocycles. The number of nitrogens with two attached hydrogens (primary N) is 3. The molecule has 0 amide bonds. The maximum atomic E-state index is 6.16. The van der Waals surface area contributed by atoms with Crippen LogP contribution in [0.5, 0.6) is 0 Å². The minimum Gasteiger partial charge on any atom is -0.398 e. The van der Waals surface area contributed by atoms with Crippen LogP contribution in [0.25, 0.3) is 22.2 Å². The van der Waals surface area contributed by atoms with Crippen LogP contribution in [-0.2, 0) is 0 Å². The maximum absolute atomic E-state index is 6.16. The van der Waals surface area contributed by atoms with Gasteiger partial charge in [0.2, 0.25) is 0 Å². The SMILES string of the molecule is Cc1ccc(-c2nc(N=C(N)N)nc3ccc(Cl)cc23)c(N)c1. The number of benzene rings is 2. The lowest BCUT2D eigenvalue weighted by molar-refractivity contribution is 1.17. The molecular formula is C16H15ClN6. The zero-order valence-corrected chi connectivity index (χ0v) is 13.2. The molecule has 6 N–H and O–H groups in total. The van der Waals surface area contributed by atoms with E-state index in [0.717, 1.165) is 16.5 Å². The zero-order chi connectivity index (χ0) is 16.6. The number of aromatic nitrogens is 2. The van der Waals surface area contributed by atoms with Crippen LogP contribution in [0.3, 0.4) is 0 Å². The third kappa shape index (κ3) is 3.02. The molecule has 0 saturated carbocycles. The third-order valence-electron chi connectivity index (χ3n) is 3.34. The van der Waals surface area contributed by atoms with Crippen LogP contribution in [0.2, 0.25) is 5.02 Å². The van der Waals surface area contributed by atoms with E-state index in [1.54, 1.807) is 18.2 Å². The van der Waals surface area contributed by atoms with Crippen LogP contribution in [0, 0.1) is 6.92 Å². The molecule has 3 rings (SSSR count). The van der Waals surface area contributed by atoms with E-state index in [0.29, 0.717) is 21.9 Å². The Kier molecular flexibility index (Phi) is 3.75. The molecule has 0 spiro atoms. The Morgan fingerprint density at radius 1 is 1.09 bits per heavy atom. The summed E-state index contributed by atoms with van der Waals surface area (Å²) in [5.41, 5.74) is 20.8. The topological polar surface area (TPSA) is 116 Å². The van der Waals surface area contributed by atoms with Gasteiger partial charge in [-0.05, 0) is 36.8 Å². The number of anilines is 1. The van der Waals surface area contributed by atoms with Crippen molar-refractivity contribution in [2.45, 2.75) is 6.92 Å². The molecule has 6 nitrogen and oxygen atoms in total. The number of aliphatic imine (C=N–C) groups is 1. The predicted molar refractivity (Wildman–Crippen MR) is 94.6 cm³/mol. The Hall–Kier alpha value is -2.86. The molecule has 0 radical (unpaired) electrons. The van der Waals surface area contributed by atoms with Gasteiger partial charge < -0.3 is 17.2 Å². The molecule has 2 aromatic carbocycles. The fraction of sp³-hybridized carbons (Fsp3) is 0.0625. The molecule has 23 heavy (non-hydrogen) atoms. The van der Waals surface area contributed by atoms with Gasteiger partial charge >= 0.3 is 0 Å². The van der Waals surface area contributed by atoms with Crippen LogP contribution < -0.4 is 17.2 Å². The first-order chi connectivity index (χ1) is 10.9. The predicted octanol–water partition coefficient (Wildman–Crippen LogP) is 2.75. The van der Waals surface area contributed by atoms with Gasteiger partial charge in [0.15, 0.2) is 5.96 Å². The van der Waals surface area contributed by atoms with E-state index in [2.05, 4.69) is 15.0 Å². The lowest BCUT2D eigenvalue weighted by atomic mass is 10.0. The normalized spacial score (nSPS) is 10.7. The number of nitrogen functional groups attached to an aromatic ring is 1. The highest BCUT2D eigenvalue weighted by molar-refractivity contribution is 6.31. The molecule has 1 aromatic heterocycles. The molecule has 116 valence electrons. The lowest BCUT2D eigenvalue weighted by Gasteiger charge is -2.10. The molecule has 1 heterocycles. The smallest absolute Gasteiger partial charge is 0.253 e. The molecule has 0 bridgehead atoms. The Balaban J connectivity index is 2.36. The number of fused-ring (bicyclic) bond motifs is 1. The van der Waals surface area contributed by atoms with Crippen LogP contribution in [-0.4, -0.2) is 15.9 Å². The summed E-state index contributed by atoms with van der Waals surface area (Å²) in [6.07, 6.45) is 0. The molecule has 0 aliphatic rings. The number of hydrogen-bond donors (Lipinski definition) is 3. The number of nitrogens with zero attached hydrogens (tertiary/aromatic N) is 3. The molecule has 7 heteroatoms. The highest BCUT2D eigenvalue weighted by Gasteiger charge is 2.13. The Labute approximate surface area is 138 Å². The molecule has 0 unspecified atom stereocenters. The second kappa shape index (κ2) is 5.73. The maximum Gasteiger partial charge on any atom is 0.253 e. The average Bonchev–Trinajstić information content (AvgIpc) is 2.46. The van der Waals surface area contributed by atoms with Gasteiger partial charge in [-0.3, -0.25) is 0 Å². The van der Waals surface area contributed by atoms with Crippen LogP contribution in [0.4, 0.5) is 11.6 Å². The van der Waals surface area contributed by atoms with Crippen LogP contribution in [0.15, 0.2) is 41.4 Å². The molecular weight excluding hydrogens is 312 g/mol. The fourth-order valence-corrected chi connectivity index (χ4v) is 2.53. The molecule has 0 atom stereocenters. The van der Waals surface area contributed by atoms with Crippen molar-refractivity contribution < 1.29 is 0 Å². The van der Waals surface area contributed by atoms with Crippen molar-refractivity contribution in [3.63, 3.8) is 0 Å². The second-order valence-electron chi connectivity index (χ2n) is 5.16. The van der Waals surface area contributed by atoms with Gasteiger partial charge in [-0.2, -0.15) is 4.99 Å². The van der Waals surface area contributed by atoms with E-state index in [4.69, 9.17) is 28.8 Å². The van der Waals surface area contributed by atoms with Gasteiger partial charge in [0.25, 0.3) is 5.95 Å². The quantitative estimate of drug-likeness (QED) is 0.380. The molecule has 3 aromatic rings. The zero-order valence-electron chi connectivity index (χ0n) is 12.4. The fourth-order valence-electron chi connectivity index (χ4n) is 2.36. The van der Waals surface area contributed by atoms with Gasteiger partial charge in [0.05, 0.1) is 11.2 Å². The minimum absolute atomic E-state index is 0.110. The summed E-state index contributed by atoms with van der Waals surface area (Å²) in [5, 5.41) is 1.37.